The Morgan fingerprint density at radius 2 is 1.88 bits per heavy atom. The number of ether oxygens (including phenoxy) is 1. The molecule has 0 atom stereocenters. The minimum Gasteiger partial charge on any atom is -0.491 e. The van der Waals surface area contributed by atoms with Gasteiger partial charge in [-0.1, -0.05) is 11.3 Å². The predicted octanol–water partition coefficient (Wildman–Crippen LogP) is 3.75. The maximum atomic E-state index is 5.57. The van der Waals surface area contributed by atoms with Crippen molar-refractivity contribution in [3.8, 4) is 16.3 Å². The molecule has 0 amide bonds. The highest BCUT2D eigenvalue weighted by Crippen LogP contribution is 2.27. The third kappa shape index (κ3) is 2.80. The third-order valence-electron chi connectivity index (χ3n) is 1.87. The molecule has 0 unspecified atom stereocenters. The van der Waals surface area contributed by atoms with Gasteiger partial charge in [0.15, 0.2) is 3.92 Å². The summed E-state index contributed by atoms with van der Waals surface area (Å²) < 4.78 is 6.36. The molecule has 16 heavy (non-hydrogen) atoms. The Morgan fingerprint density at radius 3 is 2.38 bits per heavy atom. The normalized spacial score (nSPS) is 10.8. The smallest absolute Gasteiger partial charge is 0.183 e. The van der Waals surface area contributed by atoms with Gasteiger partial charge in [-0.2, -0.15) is 0 Å². The Hall–Kier alpha value is -0.940. The highest BCUT2D eigenvalue weighted by Gasteiger charge is 2.05. The molecule has 0 saturated heterocycles. The maximum absolute atomic E-state index is 5.57. The lowest BCUT2D eigenvalue weighted by Gasteiger charge is -2.09. The molecule has 1 heterocycles. The molecule has 2 aromatic rings. The van der Waals surface area contributed by atoms with Gasteiger partial charge in [0, 0.05) is 5.56 Å². The van der Waals surface area contributed by atoms with Crippen molar-refractivity contribution in [2.24, 2.45) is 0 Å². The van der Waals surface area contributed by atoms with Gasteiger partial charge in [0.2, 0.25) is 0 Å². The van der Waals surface area contributed by atoms with E-state index in [1.165, 1.54) is 11.3 Å². The highest BCUT2D eigenvalue weighted by atomic mass is 79.9. The largest absolute Gasteiger partial charge is 0.491 e. The van der Waals surface area contributed by atoms with Crippen molar-refractivity contribution in [1.29, 1.82) is 0 Å². The second-order valence-corrected chi connectivity index (χ2v) is 5.80. The van der Waals surface area contributed by atoms with Crippen LogP contribution < -0.4 is 4.74 Å². The molecule has 0 radical (unpaired) electrons. The lowest BCUT2D eigenvalue weighted by molar-refractivity contribution is 0.242. The molecule has 0 bridgehead atoms. The molecule has 0 fully saturated rings. The van der Waals surface area contributed by atoms with Gasteiger partial charge in [-0.15, -0.1) is 10.2 Å². The van der Waals surface area contributed by atoms with Crippen LogP contribution in [0.15, 0.2) is 28.2 Å². The van der Waals surface area contributed by atoms with Crippen LogP contribution in [0.3, 0.4) is 0 Å². The zero-order valence-corrected chi connectivity index (χ0v) is 11.4. The van der Waals surface area contributed by atoms with Crippen LogP contribution in [-0.4, -0.2) is 16.3 Å². The number of hydrogen-bond donors (Lipinski definition) is 0. The van der Waals surface area contributed by atoms with E-state index in [4.69, 9.17) is 4.74 Å². The van der Waals surface area contributed by atoms with Gasteiger partial charge in [-0.25, -0.2) is 0 Å². The van der Waals surface area contributed by atoms with E-state index < -0.39 is 0 Å². The van der Waals surface area contributed by atoms with E-state index in [0.29, 0.717) is 0 Å². The molecule has 2 rings (SSSR count). The molecule has 3 nitrogen and oxygen atoms in total. The summed E-state index contributed by atoms with van der Waals surface area (Å²) in [6.07, 6.45) is 0.196. The fourth-order valence-electron chi connectivity index (χ4n) is 1.27. The molecular weight excluding hydrogens is 288 g/mol. The van der Waals surface area contributed by atoms with Crippen LogP contribution in [0.1, 0.15) is 13.8 Å². The van der Waals surface area contributed by atoms with E-state index in [2.05, 4.69) is 26.1 Å². The average molecular weight is 299 g/mol. The van der Waals surface area contributed by atoms with E-state index >= 15 is 0 Å². The van der Waals surface area contributed by atoms with E-state index in [-0.39, 0.29) is 6.10 Å². The quantitative estimate of drug-likeness (QED) is 0.865. The fourth-order valence-corrected chi connectivity index (χ4v) is 2.39. The lowest BCUT2D eigenvalue weighted by Crippen LogP contribution is -2.05. The van der Waals surface area contributed by atoms with Gasteiger partial charge in [-0.05, 0) is 54.0 Å². The van der Waals surface area contributed by atoms with Crippen LogP contribution in [0.4, 0.5) is 0 Å². The number of hydrogen-bond acceptors (Lipinski definition) is 4. The molecule has 0 aliphatic rings. The topological polar surface area (TPSA) is 35.0 Å². The van der Waals surface area contributed by atoms with E-state index in [1.54, 1.807) is 0 Å². The first-order valence-corrected chi connectivity index (χ1v) is 6.52. The van der Waals surface area contributed by atoms with Crippen LogP contribution in [0, 0.1) is 0 Å². The number of aromatic nitrogens is 2. The summed E-state index contributed by atoms with van der Waals surface area (Å²) >= 11 is 4.81. The van der Waals surface area contributed by atoms with Gasteiger partial charge in [0.05, 0.1) is 6.10 Å². The maximum Gasteiger partial charge on any atom is 0.183 e. The molecule has 1 aromatic heterocycles. The van der Waals surface area contributed by atoms with Crippen LogP contribution >= 0.6 is 27.3 Å². The van der Waals surface area contributed by atoms with Gasteiger partial charge >= 0.3 is 0 Å². The Kier molecular flexibility index (Phi) is 3.56. The second kappa shape index (κ2) is 4.93. The number of rotatable bonds is 3. The van der Waals surface area contributed by atoms with E-state index in [0.717, 1.165) is 20.2 Å². The minimum atomic E-state index is 0.196. The number of nitrogens with zero attached hydrogens (tertiary/aromatic N) is 2. The Morgan fingerprint density at radius 1 is 1.19 bits per heavy atom. The SMILES string of the molecule is CC(C)Oc1ccc(-c2nnc(Br)s2)cc1. The molecule has 0 spiro atoms. The molecule has 0 aliphatic carbocycles. The number of benzene rings is 1. The van der Waals surface area contributed by atoms with E-state index in [1.807, 2.05) is 38.1 Å². The fraction of sp³-hybridized carbons (Fsp3) is 0.273. The van der Waals surface area contributed by atoms with Crippen LogP contribution in [0.5, 0.6) is 5.75 Å². The van der Waals surface area contributed by atoms with Crippen molar-refractivity contribution in [3.63, 3.8) is 0 Å². The van der Waals surface area contributed by atoms with Crippen LogP contribution in [0.25, 0.3) is 10.6 Å². The third-order valence-corrected chi connectivity index (χ3v) is 3.28. The van der Waals surface area contributed by atoms with Gasteiger partial charge < -0.3 is 4.74 Å². The molecule has 0 N–H and O–H groups in total. The summed E-state index contributed by atoms with van der Waals surface area (Å²) in [7, 11) is 0. The summed E-state index contributed by atoms with van der Waals surface area (Å²) in [4.78, 5) is 0. The monoisotopic (exact) mass is 298 g/mol. The standard InChI is InChI=1S/C11H11BrN2OS/c1-7(2)15-9-5-3-8(4-6-9)10-13-14-11(12)16-10/h3-7H,1-2H3. The van der Waals surface area contributed by atoms with Gasteiger partial charge in [0.1, 0.15) is 10.8 Å². The number of halogens is 1. The predicted molar refractivity (Wildman–Crippen MR) is 68.8 cm³/mol. The molecule has 1 aromatic carbocycles. The molecule has 0 saturated carbocycles. The van der Waals surface area contributed by atoms with Crippen molar-refractivity contribution in [1.82, 2.24) is 10.2 Å². The zero-order valence-electron chi connectivity index (χ0n) is 8.98. The summed E-state index contributed by atoms with van der Waals surface area (Å²) in [5.41, 5.74) is 1.05. The minimum absolute atomic E-state index is 0.196. The molecule has 5 heteroatoms. The summed E-state index contributed by atoms with van der Waals surface area (Å²) in [6, 6.07) is 7.88. The van der Waals surface area contributed by atoms with Gasteiger partial charge in [0.25, 0.3) is 0 Å². The van der Waals surface area contributed by atoms with Crippen molar-refractivity contribution in [2.45, 2.75) is 20.0 Å². The van der Waals surface area contributed by atoms with Crippen molar-refractivity contribution in [2.75, 3.05) is 0 Å². The highest BCUT2D eigenvalue weighted by molar-refractivity contribution is 9.11. The summed E-state index contributed by atoms with van der Waals surface area (Å²) in [5, 5.41) is 8.88. The van der Waals surface area contributed by atoms with Crippen LogP contribution in [0.2, 0.25) is 0 Å². The lowest BCUT2D eigenvalue weighted by atomic mass is 10.2. The Balaban J connectivity index is 2.19. The first kappa shape index (κ1) is 11.5. The van der Waals surface area contributed by atoms with Gasteiger partial charge in [-0.3, -0.25) is 0 Å². The summed E-state index contributed by atoms with van der Waals surface area (Å²) in [5.74, 6) is 0.877. The molecule has 0 aliphatic heterocycles. The molecule has 84 valence electrons. The van der Waals surface area contributed by atoms with Crippen LogP contribution in [-0.2, 0) is 0 Å². The Labute approximate surface area is 107 Å². The van der Waals surface area contributed by atoms with Crippen molar-refractivity contribution < 1.29 is 4.74 Å². The molecular formula is C11H11BrN2OS. The first-order valence-electron chi connectivity index (χ1n) is 4.91. The van der Waals surface area contributed by atoms with Crippen molar-refractivity contribution >= 4 is 27.3 Å². The average Bonchev–Trinajstić information content (AvgIpc) is 2.65. The first-order chi connectivity index (χ1) is 7.65. The second-order valence-electron chi connectivity index (χ2n) is 3.55. The Bertz CT molecular complexity index is 467. The zero-order chi connectivity index (χ0) is 11.5. The van der Waals surface area contributed by atoms with E-state index in [9.17, 15) is 0 Å². The van der Waals surface area contributed by atoms with Crippen molar-refractivity contribution in [3.05, 3.63) is 28.2 Å². The summed E-state index contributed by atoms with van der Waals surface area (Å²) in [6.45, 7) is 4.02.